The Labute approximate surface area is 195 Å². The summed E-state index contributed by atoms with van der Waals surface area (Å²) < 4.78 is 5.50. The topological polar surface area (TPSA) is 124 Å². The summed E-state index contributed by atoms with van der Waals surface area (Å²) in [5, 5.41) is 46.0. The van der Waals surface area contributed by atoms with E-state index < -0.39 is 58.0 Å². The number of rotatable bonds is 4. The van der Waals surface area contributed by atoms with E-state index in [1.165, 1.54) is 0 Å². The highest BCUT2D eigenvalue weighted by atomic mass is 16.5. The van der Waals surface area contributed by atoms with Gasteiger partial charge in [0.2, 0.25) is 0 Å². The first kappa shape index (κ1) is 24.6. The average Bonchev–Trinajstić information content (AvgIpc) is 3.11. The van der Waals surface area contributed by atoms with E-state index in [9.17, 15) is 30.0 Å². The van der Waals surface area contributed by atoms with Gasteiger partial charge in [-0.2, -0.15) is 0 Å². The van der Waals surface area contributed by atoms with Gasteiger partial charge in [0.15, 0.2) is 5.78 Å². The Morgan fingerprint density at radius 1 is 1.18 bits per heavy atom. The molecule has 0 saturated heterocycles. The number of carbonyl (C=O) groups excluding carboxylic acids is 2. The minimum absolute atomic E-state index is 0.0638. The van der Waals surface area contributed by atoms with Crippen LogP contribution in [-0.4, -0.2) is 62.2 Å². The lowest BCUT2D eigenvalue weighted by Gasteiger charge is -2.48. The highest BCUT2D eigenvalue weighted by Gasteiger charge is 2.81. The van der Waals surface area contributed by atoms with Crippen LogP contribution in [0.5, 0.6) is 0 Å². The van der Waals surface area contributed by atoms with Gasteiger partial charge in [-0.3, -0.25) is 9.59 Å². The number of carbonyl (C=O) groups is 2. The minimum Gasteiger partial charge on any atom is -0.461 e. The second-order valence-corrected chi connectivity index (χ2v) is 11.9. The molecule has 9 atom stereocenters. The normalized spacial score (nSPS) is 46.4. The highest BCUT2D eigenvalue weighted by Crippen LogP contribution is 2.73. The predicted molar refractivity (Wildman–Crippen MR) is 121 cm³/mol. The summed E-state index contributed by atoms with van der Waals surface area (Å²) >= 11 is 0. The summed E-state index contributed by atoms with van der Waals surface area (Å²) in [4.78, 5) is 26.7. The maximum absolute atomic E-state index is 14.2. The lowest BCUT2D eigenvalue weighted by molar-refractivity contribution is -0.191. The highest BCUT2D eigenvalue weighted by molar-refractivity contribution is 5.95. The van der Waals surface area contributed by atoms with Crippen molar-refractivity contribution >= 4 is 11.8 Å². The fraction of sp³-hybridized carbons (Fsp3) is 0.769. The zero-order valence-corrected chi connectivity index (χ0v) is 20.6. The standard InChI is InChI=1S/C26H38O7/c1-12(2)15(5)22(30)33-11-16-8-17-18-23(6,7)25(18,31)10-14(4)24(21(17)29)9-13(3)19(27)26(24,32)20(16)28/h8-9,12,14-15,17-20,27-28,31-32H,10-11H2,1-7H3/t14-,15?,17+,18-,19+,20-,24+,25+,26-/m1/s1. The second-order valence-electron chi connectivity index (χ2n) is 11.9. The number of aliphatic hydroxyl groups is 4. The van der Waals surface area contributed by atoms with Crippen molar-refractivity contribution in [3.05, 3.63) is 23.3 Å². The molecule has 4 aliphatic rings. The molecule has 0 aromatic heterocycles. The van der Waals surface area contributed by atoms with E-state index >= 15 is 0 Å². The van der Waals surface area contributed by atoms with E-state index in [2.05, 4.69) is 0 Å². The van der Waals surface area contributed by atoms with Crippen LogP contribution in [0.3, 0.4) is 0 Å². The van der Waals surface area contributed by atoms with Crippen molar-refractivity contribution in [1.82, 2.24) is 0 Å². The predicted octanol–water partition coefficient (Wildman–Crippen LogP) is 1.77. The van der Waals surface area contributed by atoms with Crippen molar-refractivity contribution < 1.29 is 34.8 Å². The van der Waals surface area contributed by atoms with Gasteiger partial charge in [0.25, 0.3) is 0 Å². The summed E-state index contributed by atoms with van der Waals surface area (Å²) in [6.45, 7) is 12.5. The summed E-state index contributed by atoms with van der Waals surface area (Å²) in [6.07, 6.45) is 0.362. The van der Waals surface area contributed by atoms with Gasteiger partial charge in [-0.15, -0.1) is 0 Å². The zero-order valence-electron chi connectivity index (χ0n) is 20.6. The molecule has 1 spiro atoms. The maximum atomic E-state index is 14.2. The summed E-state index contributed by atoms with van der Waals surface area (Å²) in [7, 11) is 0. The first-order valence-corrected chi connectivity index (χ1v) is 12.0. The Morgan fingerprint density at radius 2 is 1.79 bits per heavy atom. The Kier molecular flexibility index (Phi) is 5.39. The molecular weight excluding hydrogens is 424 g/mol. The number of hydrogen-bond acceptors (Lipinski definition) is 7. The van der Waals surface area contributed by atoms with Crippen molar-refractivity contribution in [2.45, 2.75) is 78.3 Å². The van der Waals surface area contributed by atoms with Crippen LogP contribution in [0.1, 0.15) is 54.9 Å². The van der Waals surface area contributed by atoms with Crippen molar-refractivity contribution in [2.24, 2.45) is 40.4 Å². The first-order valence-electron chi connectivity index (χ1n) is 12.0. The molecule has 0 amide bonds. The second kappa shape index (κ2) is 7.23. The van der Waals surface area contributed by atoms with Crippen LogP contribution in [-0.2, 0) is 14.3 Å². The van der Waals surface area contributed by atoms with Gasteiger partial charge in [0, 0.05) is 17.3 Å². The number of fused-ring (bicyclic) bond motifs is 3. The molecule has 4 aliphatic carbocycles. The number of ether oxygens (including phenoxy) is 1. The van der Waals surface area contributed by atoms with E-state index in [4.69, 9.17) is 4.74 Å². The van der Waals surface area contributed by atoms with Crippen molar-refractivity contribution in [1.29, 1.82) is 0 Å². The third-order valence-electron chi connectivity index (χ3n) is 9.67. The average molecular weight is 463 g/mol. The van der Waals surface area contributed by atoms with Crippen molar-refractivity contribution in [3.63, 3.8) is 0 Å². The molecule has 0 aliphatic heterocycles. The van der Waals surface area contributed by atoms with Crippen LogP contribution in [0, 0.1) is 40.4 Å². The third kappa shape index (κ3) is 2.82. The number of esters is 1. The molecule has 0 heterocycles. The molecule has 2 saturated carbocycles. The lowest BCUT2D eigenvalue weighted by atomic mass is 9.59. The van der Waals surface area contributed by atoms with Crippen LogP contribution in [0.4, 0.5) is 0 Å². The molecule has 184 valence electrons. The lowest BCUT2D eigenvalue weighted by Crippen LogP contribution is -2.65. The SMILES string of the molecule is CC1=C[C@]23C(=O)[C@@H](C=C(COC(=O)C(C)C(C)C)[C@@H](O)[C@]2(O)[C@H]1O)[C@@H]1C(C)(C)[C@]1(O)C[C@H]3C. The number of hydrogen-bond donors (Lipinski definition) is 4. The van der Waals surface area contributed by atoms with E-state index in [0.29, 0.717) is 5.57 Å². The van der Waals surface area contributed by atoms with Gasteiger partial charge in [-0.05, 0) is 36.3 Å². The summed E-state index contributed by atoms with van der Waals surface area (Å²) in [6, 6.07) is 0. The molecule has 7 nitrogen and oxygen atoms in total. The summed E-state index contributed by atoms with van der Waals surface area (Å²) in [5.41, 5.74) is -4.84. The maximum Gasteiger partial charge on any atom is 0.309 e. The smallest absolute Gasteiger partial charge is 0.309 e. The molecule has 33 heavy (non-hydrogen) atoms. The van der Waals surface area contributed by atoms with Crippen LogP contribution in [0.25, 0.3) is 0 Å². The molecule has 2 bridgehead atoms. The Bertz CT molecular complexity index is 948. The molecular formula is C26H38O7. The van der Waals surface area contributed by atoms with E-state index in [1.54, 1.807) is 32.9 Å². The first-order chi connectivity index (χ1) is 15.1. The number of aliphatic hydroxyl groups excluding tert-OH is 2. The molecule has 0 aromatic rings. The number of ketones is 1. The van der Waals surface area contributed by atoms with Crippen molar-refractivity contribution in [2.75, 3.05) is 6.61 Å². The number of allylic oxidation sites excluding steroid dienone is 1. The van der Waals surface area contributed by atoms with Crippen molar-refractivity contribution in [3.8, 4) is 0 Å². The van der Waals surface area contributed by atoms with Crippen LogP contribution >= 0.6 is 0 Å². The van der Waals surface area contributed by atoms with E-state index in [0.717, 1.165) is 0 Å². The molecule has 1 unspecified atom stereocenters. The molecule has 4 rings (SSSR count). The van der Waals surface area contributed by atoms with Crippen LogP contribution < -0.4 is 0 Å². The van der Waals surface area contributed by atoms with Gasteiger partial charge in [0.05, 0.1) is 16.9 Å². The van der Waals surface area contributed by atoms with Gasteiger partial charge < -0.3 is 25.2 Å². The molecule has 7 heteroatoms. The largest absolute Gasteiger partial charge is 0.461 e. The molecule has 0 aromatic carbocycles. The van der Waals surface area contributed by atoms with Gasteiger partial charge in [-0.25, -0.2) is 0 Å². The molecule has 2 fully saturated rings. The Hall–Kier alpha value is -1.54. The molecule has 0 radical (unpaired) electrons. The molecule has 4 N–H and O–H groups in total. The fourth-order valence-corrected chi connectivity index (χ4v) is 7.08. The third-order valence-corrected chi connectivity index (χ3v) is 9.67. The van der Waals surface area contributed by atoms with Gasteiger partial charge in [-0.1, -0.05) is 53.7 Å². The Morgan fingerprint density at radius 3 is 2.36 bits per heavy atom. The Balaban J connectivity index is 1.83. The minimum atomic E-state index is -2.22. The monoisotopic (exact) mass is 462 g/mol. The zero-order chi connectivity index (χ0) is 24.9. The van der Waals surface area contributed by atoms with Gasteiger partial charge in [0.1, 0.15) is 24.4 Å². The van der Waals surface area contributed by atoms with Crippen LogP contribution in [0.2, 0.25) is 0 Å². The van der Waals surface area contributed by atoms with Crippen LogP contribution in [0.15, 0.2) is 23.3 Å². The van der Waals surface area contributed by atoms with Gasteiger partial charge >= 0.3 is 5.97 Å². The van der Waals surface area contributed by atoms with E-state index in [1.807, 2.05) is 27.7 Å². The summed E-state index contributed by atoms with van der Waals surface area (Å²) in [5.74, 6) is -2.77. The number of Topliss-reactive ketones (excluding diaryl/α,β-unsaturated/α-hetero) is 1. The van der Waals surface area contributed by atoms with E-state index in [-0.39, 0.29) is 36.2 Å². The quantitative estimate of drug-likeness (QED) is 0.371. The fourth-order valence-electron chi connectivity index (χ4n) is 7.08.